The maximum atomic E-state index is 13.3. The third-order valence-electron chi connectivity index (χ3n) is 11.0. The molecule has 0 heterocycles. The SMILES string of the molecule is C[C@]12C[C@H](O)[C@H]3[C@@H](CCC4=CC(=O)C=C[C@@]43C)[C@@H]1C[C@@H](O[C@H](O)c1ccc(S(=O)(=O)c3ccc(N)cc3)cc1)[C@@H]2C(=O)CO. The summed E-state index contributed by atoms with van der Waals surface area (Å²) in [4.78, 5) is 25.6. The molecule has 2 aromatic carbocycles. The van der Waals surface area contributed by atoms with Crippen molar-refractivity contribution >= 4 is 27.1 Å². The van der Waals surface area contributed by atoms with Crippen molar-refractivity contribution in [3.05, 3.63) is 77.9 Å². The van der Waals surface area contributed by atoms with Gasteiger partial charge in [0.25, 0.3) is 0 Å². The summed E-state index contributed by atoms with van der Waals surface area (Å²) in [7, 11) is -3.80. The number of aliphatic hydroxyl groups excluding tert-OH is 3. The number of carbonyl (C=O) groups is 2. The highest BCUT2D eigenvalue weighted by Gasteiger charge is 2.65. The molecule has 3 fully saturated rings. The Morgan fingerprint density at radius 1 is 1.09 bits per heavy atom. The Bertz CT molecular complexity index is 1630. The van der Waals surface area contributed by atoms with Crippen LogP contribution in [0.2, 0.25) is 0 Å². The van der Waals surface area contributed by atoms with Crippen molar-refractivity contribution in [2.24, 2.45) is 34.5 Å². The van der Waals surface area contributed by atoms with E-state index >= 15 is 0 Å². The van der Waals surface area contributed by atoms with E-state index in [0.29, 0.717) is 30.5 Å². The zero-order chi connectivity index (χ0) is 31.6. The Balaban J connectivity index is 1.26. The molecule has 6 rings (SSSR count). The molecule has 4 aliphatic rings. The number of sulfone groups is 1. The van der Waals surface area contributed by atoms with Crippen molar-refractivity contribution in [1.82, 2.24) is 0 Å². The molecule has 10 heteroatoms. The van der Waals surface area contributed by atoms with Gasteiger partial charge in [-0.3, -0.25) is 9.59 Å². The summed E-state index contributed by atoms with van der Waals surface area (Å²) in [6.45, 7) is 3.38. The van der Waals surface area contributed by atoms with Crippen molar-refractivity contribution in [1.29, 1.82) is 0 Å². The summed E-state index contributed by atoms with van der Waals surface area (Å²) in [6, 6.07) is 11.7. The summed E-state index contributed by atoms with van der Waals surface area (Å²) < 4.78 is 32.3. The fourth-order valence-electron chi connectivity index (χ4n) is 8.96. The van der Waals surface area contributed by atoms with Gasteiger partial charge in [0.05, 0.1) is 27.9 Å². The van der Waals surface area contributed by atoms with Crippen LogP contribution in [0.25, 0.3) is 0 Å². The molecule has 44 heavy (non-hydrogen) atoms. The Morgan fingerprint density at radius 3 is 2.36 bits per heavy atom. The first-order chi connectivity index (χ1) is 20.8. The second-order valence-electron chi connectivity index (χ2n) is 13.3. The van der Waals surface area contributed by atoms with Gasteiger partial charge in [0.2, 0.25) is 9.84 Å². The molecule has 4 aliphatic carbocycles. The fourth-order valence-corrected chi connectivity index (χ4v) is 10.2. The van der Waals surface area contributed by atoms with Crippen molar-refractivity contribution < 1.29 is 38.1 Å². The number of nitrogen functional groups attached to an aromatic ring is 1. The van der Waals surface area contributed by atoms with E-state index in [2.05, 4.69) is 6.92 Å². The molecule has 234 valence electrons. The highest BCUT2D eigenvalue weighted by molar-refractivity contribution is 7.91. The monoisotopic (exact) mass is 621 g/mol. The molecule has 2 aromatic rings. The lowest BCUT2D eigenvalue weighted by Gasteiger charge is -2.58. The lowest BCUT2D eigenvalue weighted by Crippen LogP contribution is -2.56. The van der Waals surface area contributed by atoms with Crippen molar-refractivity contribution in [2.45, 2.75) is 67.8 Å². The Morgan fingerprint density at radius 2 is 1.73 bits per heavy atom. The molecular formula is C34H39NO8S. The van der Waals surface area contributed by atoms with E-state index < -0.39 is 57.5 Å². The second-order valence-corrected chi connectivity index (χ2v) is 15.3. The standard InChI is InChI=1S/C34H39NO8S/c1-33-14-13-22(37)15-20(33)5-12-25-26-16-29(31(28(39)18-36)34(26,2)17-27(38)30(25)33)43-32(40)19-3-8-23(9-4-19)44(41,42)24-10-6-21(35)7-11-24/h3-4,6-11,13-15,25-27,29-32,36,38,40H,5,12,16-18,35H2,1-2H3/t25-,26-,27-,29+,30+,31-,32-,33-,34-/m0/s1. The number of hydrogen-bond acceptors (Lipinski definition) is 9. The summed E-state index contributed by atoms with van der Waals surface area (Å²) >= 11 is 0. The minimum absolute atomic E-state index is 0.0227. The second kappa shape index (κ2) is 11.0. The van der Waals surface area contributed by atoms with E-state index in [1.165, 1.54) is 48.5 Å². The van der Waals surface area contributed by atoms with Crippen LogP contribution in [-0.4, -0.2) is 54.1 Å². The van der Waals surface area contributed by atoms with Gasteiger partial charge in [0.1, 0.15) is 6.61 Å². The highest BCUT2D eigenvalue weighted by atomic mass is 32.2. The molecule has 3 saturated carbocycles. The van der Waals surface area contributed by atoms with Crippen LogP contribution in [0.4, 0.5) is 5.69 Å². The Hall–Kier alpha value is -3.15. The lowest BCUT2D eigenvalue weighted by molar-refractivity contribution is -0.167. The first kappa shape index (κ1) is 30.9. The van der Waals surface area contributed by atoms with Crippen LogP contribution in [0.15, 0.2) is 82.1 Å². The van der Waals surface area contributed by atoms with Gasteiger partial charge in [-0.1, -0.05) is 37.6 Å². The molecule has 9 atom stereocenters. The quantitative estimate of drug-likeness (QED) is 0.267. The molecule has 0 aliphatic heterocycles. The average Bonchev–Trinajstić information content (AvgIpc) is 3.28. The van der Waals surface area contributed by atoms with Crippen LogP contribution in [-0.2, 0) is 24.2 Å². The number of fused-ring (bicyclic) bond motifs is 5. The smallest absolute Gasteiger partial charge is 0.206 e. The first-order valence-electron chi connectivity index (χ1n) is 15.1. The van der Waals surface area contributed by atoms with E-state index in [4.69, 9.17) is 10.5 Å². The molecule has 0 bridgehead atoms. The molecule has 0 spiro atoms. The average molecular weight is 622 g/mol. The first-order valence-corrected chi connectivity index (χ1v) is 16.6. The van der Waals surface area contributed by atoms with Crippen LogP contribution in [0.1, 0.15) is 51.4 Å². The van der Waals surface area contributed by atoms with Gasteiger partial charge in [-0.2, -0.15) is 0 Å². The fraction of sp³-hybridized carbons (Fsp3) is 0.471. The summed E-state index contributed by atoms with van der Waals surface area (Å²) in [5.41, 5.74) is 6.35. The molecule has 0 radical (unpaired) electrons. The number of hydrogen-bond donors (Lipinski definition) is 4. The van der Waals surface area contributed by atoms with E-state index in [1.807, 2.05) is 13.0 Å². The molecule has 0 aromatic heterocycles. The van der Waals surface area contributed by atoms with Crippen molar-refractivity contribution in [3.63, 3.8) is 0 Å². The lowest BCUT2D eigenvalue weighted by atomic mass is 9.46. The molecular weight excluding hydrogens is 582 g/mol. The number of ketones is 2. The molecule has 5 N–H and O–H groups in total. The number of nitrogens with two attached hydrogens (primary N) is 1. The van der Waals surface area contributed by atoms with E-state index in [9.17, 15) is 33.3 Å². The van der Waals surface area contributed by atoms with Gasteiger partial charge in [-0.25, -0.2) is 8.42 Å². The number of benzene rings is 2. The predicted octanol–water partition coefficient (Wildman–Crippen LogP) is 3.54. The van der Waals surface area contributed by atoms with Gasteiger partial charge in [-0.05, 0) is 91.5 Å². The largest absolute Gasteiger partial charge is 0.399 e. The highest BCUT2D eigenvalue weighted by Crippen LogP contribution is 2.66. The van der Waals surface area contributed by atoms with Crippen LogP contribution < -0.4 is 5.73 Å². The van der Waals surface area contributed by atoms with E-state index in [1.54, 1.807) is 12.2 Å². The predicted molar refractivity (Wildman–Crippen MR) is 162 cm³/mol. The van der Waals surface area contributed by atoms with Crippen molar-refractivity contribution in [3.8, 4) is 0 Å². The Kier molecular flexibility index (Phi) is 7.73. The Labute approximate surface area is 257 Å². The van der Waals surface area contributed by atoms with E-state index in [-0.39, 0.29) is 33.3 Å². The maximum Gasteiger partial charge on any atom is 0.206 e. The van der Waals surface area contributed by atoms with Crippen LogP contribution in [0.5, 0.6) is 0 Å². The summed E-state index contributed by atoms with van der Waals surface area (Å²) in [5, 5.41) is 32.7. The normalized spacial score (nSPS) is 35.3. The van der Waals surface area contributed by atoms with Gasteiger partial charge in [0, 0.05) is 22.6 Å². The van der Waals surface area contributed by atoms with Gasteiger partial charge in [-0.15, -0.1) is 0 Å². The topological polar surface area (TPSA) is 164 Å². The number of anilines is 1. The molecule has 0 amide bonds. The summed E-state index contributed by atoms with van der Waals surface area (Å²) in [6.07, 6.45) is 4.54. The number of carbonyl (C=O) groups excluding carboxylic acids is 2. The third kappa shape index (κ3) is 4.87. The minimum Gasteiger partial charge on any atom is -0.399 e. The van der Waals surface area contributed by atoms with Crippen molar-refractivity contribution in [2.75, 3.05) is 12.3 Å². The number of rotatable bonds is 7. The zero-order valence-corrected chi connectivity index (χ0v) is 25.6. The molecule has 0 unspecified atom stereocenters. The van der Waals surface area contributed by atoms with Gasteiger partial charge < -0.3 is 25.8 Å². The molecule has 9 nitrogen and oxygen atoms in total. The minimum atomic E-state index is -3.80. The number of allylic oxidation sites excluding steroid dienone is 4. The third-order valence-corrected chi connectivity index (χ3v) is 12.8. The number of Topliss-reactive ketones (excluding diaryl/α,β-unsaturated/α-hetero) is 1. The number of ether oxygens (including phenoxy) is 1. The van der Waals surface area contributed by atoms with Gasteiger partial charge >= 0.3 is 0 Å². The van der Waals surface area contributed by atoms with Crippen LogP contribution in [0.3, 0.4) is 0 Å². The summed E-state index contributed by atoms with van der Waals surface area (Å²) in [5.74, 6) is -1.31. The zero-order valence-electron chi connectivity index (χ0n) is 24.8. The van der Waals surface area contributed by atoms with E-state index in [0.717, 1.165) is 12.0 Å². The molecule has 0 saturated heterocycles. The van der Waals surface area contributed by atoms with Crippen LogP contribution in [0, 0.1) is 34.5 Å². The maximum absolute atomic E-state index is 13.3. The van der Waals surface area contributed by atoms with Crippen LogP contribution >= 0.6 is 0 Å². The number of aliphatic hydroxyl groups is 3. The van der Waals surface area contributed by atoms with Gasteiger partial charge in [0.15, 0.2) is 17.9 Å².